The predicted molar refractivity (Wildman–Crippen MR) is 80.2 cm³/mol. The summed E-state index contributed by atoms with van der Waals surface area (Å²) in [5, 5.41) is 6.90. The van der Waals surface area contributed by atoms with Crippen molar-refractivity contribution in [1.29, 1.82) is 0 Å². The molecule has 0 fully saturated rings. The molecule has 6 heteroatoms. The van der Waals surface area contributed by atoms with Crippen LogP contribution in [-0.4, -0.2) is 25.2 Å². The SMILES string of the molecule is CNC(c1cc(Cl)c2c(c1)OCCO2)c1nc(C)cs1. The van der Waals surface area contributed by atoms with Crippen LogP contribution in [0.3, 0.4) is 0 Å². The lowest BCUT2D eigenvalue weighted by molar-refractivity contribution is 0.171. The van der Waals surface area contributed by atoms with E-state index in [9.17, 15) is 0 Å². The van der Waals surface area contributed by atoms with Crippen molar-refractivity contribution in [3.8, 4) is 11.5 Å². The smallest absolute Gasteiger partial charge is 0.179 e. The van der Waals surface area contributed by atoms with Gasteiger partial charge in [-0.2, -0.15) is 0 Å². The molecule has 106 valence electrons. The number of aromatic nitrogens is 1. The molecule has 0 bridgehead atoms. The first kappa shape index (κ1) is 13.7. The molecule has 0 saturated heterocycles. The van der Waals surface area contributed by atoms with Crippen LogP contribution >= 0.6 is 22.9 Å². The maximum Gasteiger partial charge on any atom is 0.179 e. The van der Waals surface area contributed by atoms with Crippen molar-refractivity contribution in [2.45, 2.75) is 13.0 Å². The number of fused-ring (bicyclic) bond motifs is 1. The summed E-state index contributed by atoms with van der Waals surface area (Å²) in [6.07, 6.45) is 0. The van der Waals surface area contributed by atoms with Crippen LogP contribution in [0.5, 0.6) is 11.5 Å². The second-order valence-corrected chi connectivity index (χ2v) is 5.87. The molecule has 2 heterocycles. The Kier molecular flexibility index (Phi) is 3.83. The Bertz CT molecular complexity index is 630. The summed E-state index contributed by atoms with van der Waals surface area (Å²) in [5.41, 5.74) is 2.05. The van der Waals surface area contributed by atoms with Crippen LogP contribution in [0.25, 0.3) is 0 Å². The van der Waals surface area contributed by atoms with Crippen molar-refractivity contribution in [2.24, 2.45) is 0 Å². The number of halogens is 1. The Balaban J connectivity index is 2.02. The first-order valence-electron chi connectivity index (χ1n) is 6.37. The fourth-order valence-electron chi connectivity index (χ4n) is 2.23. The minimum absolute atomic E-state index is 0.00188. The molecule has 1 atom stereocenters. The molecule has 20 heavy (non-hydrogen) atoms. The normalized spacial score (nSPS) is 15.2. The Morgan fingerprint density at radius 1 is 1.35 bits per heavy atom. The molecular formula is C14H15ClN2O2S. The lowest BCUT2D eigenvalue weighted by atomic mass is 10.1. The quantitative estimate of drug-likeness (QED) is 0.945. The van der Waals surface area contributed by atoms with E-state index >= 15 is 0 Å². The van der Waals surface area contributed by atoms with E-state index in [1.165, 1.54) is 0 Å². The van der Waals surface area contributed by atoms with E-state index in [0.717, 1.165) is 16.3 Å². The van der Waals surface area contributed by atoms with Crippen LogP contribution in [0.2, 0.25) is 5.02 Å². The topological polar surface area (TPSA) is 43.4 Å². The lowest BCUT2D eigenvalue weighted by Crippen LogP contribution is -2.20. The van der Waals surface area contributed by atoms with E-state index in [2.05, 4.69) is 10.3 Å². The first-order valence-corrected chi connectivity index (χ1v) is 7.63. The number of benzene rings is 1. The third-order valence-corrected chi connectivity index (χ3v) is 4.43. The maximum absolute atomic E-state index is 6.29. The number of aryl methyl sites for hydroxylation is 1. The minimum Gasteiger partial charge on any atom is -0.486 e. The molecule has 1 aliphatic heterocycles. The van der Waals surface area contributed by atoms with E-state index in [4.69, 9.17) is 21.1 Å². The van der Waals surface area contributed by atoms with E-state index in [1.54, 1.807) is 11.3 Å². The molecule has 0 aliphatic carbocycles. The van der Waals surface area contributed by atoms with Gasteiger partial charge in [-0.3, -0.25) is 0 Å². The van der Waals surface area contributed by atoms with Crippen LogP contribution in [-0.2, 0) is 0 Å². The van der Waals surface area contributed by atoms with E-state index in [0.29, 0.717) is 29.7 Å². The summed E-state index contributed by atoms with van der Waals surface area (Å²) < 4.78 is 11.2. The molecule has 2 aromatic rings. The number of thiazole rings is 1. The van der Waals surface area contributed by atoms with Gasteiger partial charge in [0.15, 0.2) is 11.5 Å². The number of ether oxygens (including phenoxy) is 2. The predicted octanol–water partition coefficient (Wildman–Crippen LogP) is 3.18. The zero-order valence-electron chi connectivity index (χ0n) is 11.3. The molecule has 0 amide bonds. The van der Waals surface area contributed by atoms with Crippen molar-refractivity contribution in [3.63, 3.8) is 0 Å². The van der Waals surface area contributed by atoms with Crippen molar-refractivity contribution in [1.82, 2.24) is 10.3 Å². The van der Waals surface area contributed by atoms with Gasteiger partial charge in [0.1, 0.15) is 18.2 Å². The van der Waals surface area contributed by atoms with Gasteiger partial charge in [-0.05, 0) is 31.7 Å². The molecule has 1 N–H and O–H groups in total. The highest BCUT2D eigenvalue weighted by Crippen LogP contribution is 2.40. The van der Waals surface area contributed by atoms with Gasteiger partial charge in [0.05, 0.1) is 11.1 Å². The maximum atomic E-state index is 6.29. The number of nitrogens with one attached hydrogen (secondary N) is 1. The summed E-state index contributed by atoms with van der Waals surface area (Å²) in [4.78, 5) is 4.54. The van der Waals surface area contributed by atoms with E-state index in [-0.39, 0.29) is 6.04 Å². The van der Waals surface area contributed by atoms with Crippen molar-refractivity contribution in [3.05, 3.63) is 38.8 Å². The molecule has 1 aliphatic rings. The standard InChI is InChI=1S/C14H15ClN2O2S/c1-8-7-20-14(17-8)12(16-2)9-5-10(15)13-11(6-9)18-3-4-19-13/h5-7,12,16H,3-4H2,1-2H3. The Hall–Kier alpha value is -1.30. The Morgan fingerprint density at radius 3 is 2.85 bits per heavy atom. The van der Waals surface area contributed by atoms with Gasteiger partial charge in [-0.15, -0.1) is 11.3 Å². The highest BCUT2D eigenvalue weighted by molar-refractivity contribution is 7.09. The van der Waals surface area contributed by atoms with Crippen LogP contribution < -0.4 is 14.8 Å². The largest absolute Gasteiger partial charge is 0.486 e. The molecular weight excluding hydrogens is 296 g/mol. The summed E-state index contributed by atoms with van der Waals surface area (Å²) in [5.74, 6) is 1.33. The van der Waals surface area contributed by atoms with E-state index < -0.39 is 0 Å². The molecule has 4 nitrogen and oxygen atoms in total. The Labute approximate surface area is 126 Å². The first-order chi connectivity index (χ1) is 9.69. The molecule has 1 unspecified atom stereocenters. The summed E-state index contributed by atoms with van der Waals surface area (Å²) in [6, 6.07) is 3.88. The molecule has 3 rings (SSSR count). The van der Waals surface area contributed by atoms with Gasteiger partial charge in [-0.25, -0.2) is 4.98 Å². The van der Waals surface area contributed by atoms with Gasteiger partial charge < -0.3 is 14.8 Å². The third-order valence-electron chi connectivity index (χ3n) is 3.12. The molecule has 0 spiro atoms. The van der Waals surface area contributed by atoms with Gasteiger partial charge >= 0.3 is 0 Å². The van der Waals surface area contributed by atoms with Crippen molar-refractivity contribution >= 4 is 22.9 Å². The average molecular weight is 311 g/mol. The monoisotopic (exact) mass is 310 g/mol. The zero-order chi connectivity index (χ0) is 14.1. The molecule has 1 aromatic heterocycles. The second-order valence-electron chi connectivity index (χ2n) is 4.58. The van der Waals surface area contributed by atoms with Gasteiger partial charge in [0.2, 0.25) is 0 Å². The van der Waals surface area contributed by atoms with Crippen LogP contribution in [0.4, 0.5) is 0 Å². The number of hydrogen-bond acceptors (Lipinski definition) is 5. The van der Waals surface area contributed by atoms with Gasteiger partial charge in [0, 0.05) is 11.1 Å². The summed E-state index contributed by atoms with van der Waals surface area (Å²) in [7, 11) is 1.91. The van der Waals surface area contributed by atoms with E-state index in [1.807, 2.05) is 31.5 Å². The molecule has 0 saturated carbocycles. The zero-order valence-corrected chi connectivity index (χ0v) is 12.8. The number of nitrogens with zero attached hydrogens (tertiary/aromatic N) is 1. The van der Waals surface area contributed by atoms with Crippen molar-refractivity contribution < 1.29 is 9.47 Å². The minimum atomic E-state index is 0.00188. The van der Waals surface area contributed by atoms with Crippen LogP contribution in [0.1, 0.15) is 22.3 Å². The van der Waals surface area contributed by atoms with Crippen LogP contribution in [0, 0.1) is 6.92 Å². The second kappa shape index (κ2) is 5.60. The van der Waals surface area contributed by atoms with Crippen molar-refractivity contribution in [2.75, 3.05) is 20.3 Å². The fourth-order valence-corrected chi connectivity index (χ4v) is 3.44. The third kappa shape index (κ3) is 2.49. The van der Waals surface area contributed by atoms with Gasteiger partial charge in [0.25, 0.3) is 0 Å². The highest BCUT2D eigenvalue weighted by Gasteiger charge is 2.22. The van der Waals surface area contributed by atoms with Crippen LogP contribution in [0.15, 0.2) is 17.5 Å². The summed E-state index contributed by atoms with van der Waals surface area (Å²) in [6.45, 7) is 3.07. The fraction of sp³-hybridized carbons (Fsp3) is 0.357. The summed E-state index contributed by atoms with van der Waals surface area (Å²) >= 11 is 7.92. The molecule has 1 aromatic carbocycles. The number of hydrogen-bond donors (Lipinski definition) is 1. The highest BCUT2D eigenvalue weighted by atomic mass is 35.5. The number of rotatable bonds is 3. The molecule has 0 radical (unpaired) electrons. The average Bonchev–Trinajstić information content (AvgIpc) is 2.86. The Morgan fingerprint density at radius 2 is 2.15 bits per heavy atom. The lowest BCUT2D eigenvalue weighted by Gasteiger charge is -2.22. The van der Waals surface area contributed by atoms with Gasteiger partial charge in [-0.1, -0.05) is 11.6 Å².